The molecule has 1 aliphatic heterocycles. The quantitative estimate of drug-likeness (QED) is 0.687. The summed E-state index contributed by atoms with van der Waals surface area (Å²) < 4.78 is 41.1. The molecule has 1 unspecified atom stereocenters. The second kappa shape index (κ2) is 8.00. The fourth-order valence-electron chi connectivity index (χ4n) is 2.31. The Labute approximate surface area is 130 Å². The van der Waals surface area contributed by atoms with Crippen molar-refractivity contribution < 1.29 is 22.4 Å². The average molecular weight is 333 g/mol. The molecule has 2 rings (SSSR count). The van der Waals surface area contributed by atoms with Crippen LogP contribution in [0.15, 0.2) is 4.52 Å². The predicted octanol–water partition coefficient (Wildman–Crippen LogP) is 0.589. The molecule has 1 fully saturated rings. The second-order valence-corrected chi connectivity index (χ2v) is 7.44. The summed E-state index contributed by atoms with van der Waals surface area (Å²) in [7, 11) is -1.54. The Morgan fingerprint density at radius 2 is 2.27 bits per heavy atom. The van der Waals surface area contributed by atoms with E-state index in [0.29, 0.717) is 37.8 Å². The first-order valence-corrected chi connectivity index (χ1v) is 9.06. The van der Waals surface area contributed by atoms with Crippen LogP contribution in [0.2, 0.25) is 0 Å². The van der Waals surface area contributed by atoms with Crippen LogP contribution < -0.4 is 0 Å². The van der Waals surface area contributed by atoms with E-state index in [1.165, 1.54) is 4.31 Å². The molecule has 0 saturated carbocycles. The molecule has 0 aliphatic carbocycles. The van der Waals surface area contributed by atoms with E-state index in [-0.39, 0.29) is 18.5 Å². The molecular formula is C13H23N3O5S. The number of hydrogen-bond acceptors (Lipinski definition) is 7. The highest BCUT2D eigenvalue weighted by Gasteiger charge is 2.28. The zero-order valence-corrected chi connectivity index (χ0v) is 13.8. The van der Waals surface area contributed by atoms with E-state index in [1.54, 1.807) is 14.0 Å². The summed E-state index contributed by atoms with van der Waals surface area (Å²) in [5.74, 6) is 1.10. The summed E-state index contributed by atoms with van der Waals surface area (Å²) in [6.07, 6.45) is 2.09. The second-order valence-electron chi connectivity index (χ2n) is 5.18. The topological polar surface area (TPSA) is 94.8 Å². The molecule has 0 spiro atoms. The van der Waals surface area contributed by atoms with Crippen LogP contribution in [-0.2, 0) is 32.5 Å². The van der Waals surface area contributed by atoms with Gasteiger partial charge in [0.05, 0.1) is 18.5 Å². The van der Waals surface area contributed by atoms with Crippen LogP contribution in [0.25, 0.3) is 0 Å². The molecule has 1 aliphatic rings. The number of nitrogens with zero attached hydrogens (tertiary/aromatic N) is 3. The van der Waals surface area contributed by atoms with E-state index in [9.17, 15) is 8.42 Å². The van der Waals surface area contributed by atoms with E-state index in [0.717, 1.165) is 12.8 Å². The molecule has 1 saturated heterocycles. The van der Waals surface area contributed by atoms with Crippen molar-refractivity contribution in [3.8, 4) is 0 Å². The van der Waals surface area contributed by atoms with Gasteiger partial charge in [0.15, 0.2) is 5.82 Å². The van der Waals surface area contributed by atoms with Crippen LogP contribution in [0.3, 0.4) is 0 Å². The van der Waals surface area contributed by atoms with Crippen molar-refractivity contribution in [1.29, 1.82) is 0 Å². The summed E-state index contributed by atoms with van der Waals surface area (Å²) >= 11 is 0. The average Bonchev–Trinajstić information content (AvgIpc) is 2.99. The number of methoxy groups -OCH3 is 1. The molecule has 1 aromatic heterocycles. The highest BCUT2D eigenvalue weighted by Crippen LogP contribution is 2.17. The van der Waals surface area contributed by atoms with Crippen LogP contribution in [0.5, 0.6) is 0 Å². The Morgan fingerprint density at radius 3 is 3.00 bits per heavy atom. The van der Waals surface area contributed by atoms with Gasteiger partial charge in [-0.3, -0.25) is 0 Å². The van der Waals surface area contributed by atoms with Gasteiger partial charge in [-0.05, 0) is 19.8 Å². The van der Waals surface area contributed by atoms with E-state index < -0.39 is 10.0 Å². The Balaban J connectivity index is 1.82. The van der Waals surface area contributed by atoms with Crippen LogP contribution in [0.1, 0.15) is 31.5 Å². The Bertz CT molecular complexity index is 560. The van der Waals surface area contributed by atoms with E-state index in [4.69, 9.17) is 14.0 Å². The summed E-state index contributed by atoms with van der Waals surface area (Å²) in [6, 6.07) is 0. The van der Waals surface area contributed by atoms with Gasteiger partial charge in [-0.2, -0.15) is 9.29 Å². The van der Waals surface area contributed by atoms with Crippen LogP contribution in [0.4, 0.5) is 0 Å². The molecule has 0 N–H and O–H groups in total. The number of rotatable bonds is 8. The fourth-order valence-corrected chi connectivity index (χ4v) is 3.47. The summed E-state index contributed by atoms with van der Waals surface area (Å²) in [4.78, 5) is 4.20. The monoisotopic (exact) mass is 333 g/mol. The lowest BCUT2D eigenvalue weighted by Crippen LogP contribution is -2.43. The third-order valence-electron chi connectivity index (χ3n) is 3.58. The molecule has 0 amide bonds. The smallest absolute Gasteiger partial charge is 0.252 e. The van der Waals surface area contributed by atoms with Gasteiger partial charge >= 0.3 is 0 Å². The molecule has 9 heteroatoms. The number of ether oxygens (including phenoxy) is 2. The number of hydrogen-bond donors (Lipinski definition) is 0. The SMILES string of the molecule is CCS(=O)(=O)N1CCCC(OCc2nc(CCOC)no2)C1. The van der Waals surface area contributed by atoms with Crippen molar-refractivity contribution in [2.24, 2.45) is 0 Å². The molecule has 0 aromatic carbocycles. The fraction of sp³-hybridized carbons (Fsp3) is 0.846. The third-order valence-corrected chi connectivity index (χ3v) is 5.43. The third kappa shape index (κ3) is 4.73. The van der Waals surface area contributed by atoms with Crippen LogP contribution >= 0.6 is 0 Å². The molecule has 126 valence electrons. The van der Waals surface area contributed by atoms with E-state index in [1.807, 2.05) is 0 Å². The van der Waals surface area contributed by atoms with Crippen molar-refractivity contribution in [3.63, 3.8) is 0 Å². The van der Waals surface area contributed by atoms with Crippen molar-refractivity contribution in [2.45, 2.75) is 38.9 Å². The van der Waals surface area contributed by atoms with Gasteiger partial charge in [0.2, 0.25) is 10.0 Å². The number of sulfonamides is 1. The maximum Gasteiger partial charge on any atom is 0.252 e. The van der Waals surface area contributed by atoms with E-state index >= 15 is 0 Å². The lowest BCUT2D eigenvalue weighted by molar-refractivity contribution is -0.00293. The molecule has 0 bridgehead atoms. The van der Waals surface area contributed by atoms with Gasteiger partial charge < -0.3 is 14.0 Å². The molecule has 0 radical (unpaired) electrons. The molecule has 1 atom stereocenters. The molecule has 22 heavy (non-hydrogen) atoms. The predicted molar refractivity (Wildman–Crippen MR) is 78.7 cm³/mol. The summed E-state index contributed by atoms with van der Waals surface area (Å²) in [6.45, 7) is 3.34. The number of piperidine rings is 1. The largest absolute Gasteiger partial charge is 0.384 e. The maximum absolute atomic E-state index is 11.9. The van der Waals surface area contributed by atoms with Crippen molar-refractivity contribution in [2.75, 3.05) is 32.6 Å². The highest BCUT2D eigenvalue weighted by molar-refractivity contribution is 7.89. The summed E-state index contributed by atoms with van der Waals surface area (Å²) in [5.41, 5.74) is 0. The Hall–Kier alpha value is -1.03. The van der Waals surface area contributed by atoms with Crippen LogP contribution in [0, 0.1) is 0 Å². The zero-order valence-electron chi connectivity index (χ0n) is 13.0. The minimum absolute atomic E-state index is 0.117. The van der Waals surface area contributed by atoms with Gasteiger partial charge in [0, 0.05) is 26.6 Å². The number of aromatic nitrogens is 2. The zero-order chi connectivity index (χ0) is 16.0. The highest BCUT2D eigenvalue weighted by atomic mass is 32.2. The van der Waals surface area contributed by atoms with Crippen molar-refractivity contribution in [3.05, 3.63) is 11.7 Å². The van der Waals surface area contributed by atoms with Gasteiger partial charge in [-0.15, -0.1) is 0 Å². The minimum Gasteiger partial charge on any atom is -0.384 e. The van der Waals surface area contributed by atoms with Crippen molar-refractivity contribution in [1.82, 2.24) is 14.4 Å². The molecule has 8 nitrogen and oxygen atoms in total. The lowest BCUT2D eigenvalue weighted by atomic mass is 10.1. The summed E-state index contributed by atoms with van der Waals surface area (Å²) in [5, 5.41) is 3.83. The maximum atomic E-state index is 11.9. The minimum atomic E-state index is -3.16. The Morgan fingerprint density at radius 1 is 1.45 bits per heavy atom. The first kappa shape index (κ1) is 17.3. The normalized spacial score (nSPS) is 20.4. The molecule has 1 aromatic rings. The molecule has 2 heterocycles. The van der Waals surface area contributed by atoms with Crippen molar-refractivity contribution >= 4 is 10.0 Å². The van der Waals surface area contributed by atoms with Crippen LogP contribution in [-0.4, -0.2) is 61.5 Å². The van der Waals surface area contributed by atoms with E-state index in [2.05, 4.69) is 10.1 Å². The molecular weight excluding hydrogens is 310 g/mol. The van der Waals surface area contributed by atoms with Gasteiger partial charge in [-0.1, -0.05) is 5.16 Å². The standard InChI is InChI=1S/C13H23N3O5S/c1-3-22(17,18)16-7-4-5-11(9-16)20-10-13-14-12(15-21-13)6-8-19-2/h11H,3-10H2,1-2H3. The van der Waals surface area contributed by atoms with Gasteiger partial charge in [0.25, 0.3) is 5.89 Å². The van der Waals surface area contributed by atoms with Gasteiger partial charge in [0.1, 0.15) is 6.61 Å². The first-order chi connectivity index (χ1) is 10.5. The first-order valence-electron chi connectivity index (χ1n) is 7.45. The van der Waals surface area contributed by atoms with Gasteiger partial charge in [-0.25, -0.2) is 8.42 Å². The lowest BCUT2D eigenvalue weighted by Gasteiger charge is -2.31. The Kier molecular flexibility index (Phi) is 6.30.